The van der Waals surface area contributed by atoms with Crippen LogP contribution in [-0.2, 0) is 4.79 Å². The number of fused-ring (bicyclic) bond motifs is 1. The van der Waals surface area contributed by atoms with Crippen LogP contribution in [0.4, 0.5) is 0 Å². The SMILES string of the molecule is CC(C)c1cccc(C(C)C)c1-c1[nH]c2ccccc2c1OC(=O)C(C)(C)C. The van der Waals surface area contributed by atoms with E-state index in [2.05, 4.69) is 50.9 Å². The van der Waals surface area contributed by atoms with Gasteiger partial charge >= 0.3 is 5.97 Å². The standard InChI is InChI=1S/C25H31NO2/c1-15(2)17-12-10-13-18(16(3)4)21(17)22-23(28-24(27)25(5,6)7)19-11-8-9-14-20(19)26-22/h8-16,26H,1-7H3. The van der Waals surface area contributed by atoms with Gasteiger partial charge in [-0.2, -0.15) is 0 Å². The van der Waals surface area contributed by atoms with Crippen LogP contribution >= 0.6 is 0 Å². The fourth-order valence-electron chi connectivity index (χ4n) is 3.48. The Balaban J connectivity index is 2.33. The maximum Gasteiger partial charge on any atom is 0.316 e. The van der Waals surface area contributed by atoms with Crippen molar-refractivity contribution in [1.82, 2.24) is 4.98 Å². The Labute approximate surface area is 168 Å². The molecule has 3 rings (SSSR count). The monoisotopic (exact) mass is 377 g/mol. The first-order valence-electron chi connectivity index (χ1n) is 10.1. The first kappa shape index (κ1) is 20.2. The third-order valence-corrected chi connectivity index (χ3v) is 5.09. The first-order valence-corrected chi connectivity index (χ1v) is 10.1. The molecule has 0 fully saturated rings. The minimum atomic E-state index is -0.575. The zero-order valence-corrected chi connectivity index (χ0v) is 18.0. The van der Waals surface area contributed by atoms with Crippen molar-refractivity contribution in [2.75, 3.05) is 0 Å². The molecule has 2 aromatic carbocycles. The number of para-hydroxylation sites is 1. The highest BCUT2D eigenvalue weighted by atomic mass is 16.5. The van der Waals surface area contributed by atoms with Gasteiger partial charge in [0.05, 0.1) is 11.1 Å². The number of nitrogens with one attached hydrogen (secondary N) is 1. The average Bonchev–Trinajstić information content (AvgIpc) is 2.98. The molecule has 3 nitrogen and oxygen atoms in total. The summed E-state index contributed by atoms with van der Waals surface area (Å²) in [5.74, 6) is 1.11. The highest BCUT2D eigenvalue weighted by molar-refractivity contribution is 5.98. The van der Waals surface area contributed by atoms with Crippen LogP contribution < -0.4 is 4.74 Å². The summed E-state index contributed by atoms with van der Waals surface area (Å²) in [6.45, 7) is 14.4. The van der Waals surface area contributed by atoms with E-state index >= 15 is 0 Å². The van der Waals surface area contributed by atoms with Gasteiger partial charge in [0.2, 0.25) is 0 Å². The summed E-state index contributed by atoms with van der Waals surface area (Å²) in [5, 5.41) is 0.934. The number of aromatic amines is 1. The Morgan fingerprint density at radius 2 is 1.46 bits per heavy atom. The molecule has 1 aromatic heterocycles. The van der Waals surface area contributed by atoms with Crippen molar-refractivity contribution < 1.29 is 9.53 Å². The number of benzene rings is 2. The number of carbonyl (C=O) groups is 1. The van der Waals surface area contributed by atoms with Crippen molar-refractivity contribution in [2.45, 2.75) is 60.3 Å². The largest absolute Gasteiger partial charge is 0.423 e. The maximum absolute atomic E-state index is 12.8. The van der Waals surface area contributed by atoms with Crippen LogP contribution in [0.1, 0.15) is 71.4 Å². The second kappa shape index (κ2) is 7.46. The van der Waals surface area contributed by atoms with Gasteiger partial charge in [-0.05, 0) is 55.9 Å². The number of aromatic nitrogens is 1. The molecule has 1 heterocycles. The predicted molar refractivity (Wildman–Crippen MR) is 117 cm³/mol. The normalized spacial score (nSPS) is 12.2. The fraction of sp³-hybridized carbons (Fsp3) is 0.400. The van der Waals surface area contributed by atoms with Crippen LogP contribution in [0.15, 0.2) is 42.5 Å². The Morgan fingerprint density at radius 3 is 2.00 bits per heavy atom. The van der Waals surface area contributed by atoms with Crippen LogP contribution in [0.2, 0.25) is 0 Å². The van der Waals surface area contributed by atoms with Crippen molar-refractivity contribution in [3.8, 4) is 17.0 Å². The molecule has 3 heteroatoms. The number of esters is 1. The molecular formula is C25H31NO2. The minimum Gasteiger partial charge on any atom is -0.423 e. The van der Waals surface area contributed by atoms with Crippen molar-refractivity contribution in [3.05, 3.63) is 53.6 Å². The van der Waals surface area contributed by atoms with E-state index in [4.69, 9.17) is 4.74 Å². The Hall–Kier alpha value is -2.55. The van der Waals surface area contributed by atoms with E-state index in [9.17, 15) is 4.79 Å². The van der Waals surface area contributed by atoms with E-state index < -0.39 is 5.41 Å². The van der Waals surface area contributed by atoms with Gasteiger partial charge in [-0.3, -0.25) is 4.79 Å². The summed E-state index contributed by atoms with van der Waals surface area (Å²) < 4.78 is 6.02. The summed E-state index contributed by atoms with van der Waals surface area (Å²) in [5.41, 5.74) is 4.96. The van der Waals surface area contributed by atoms with Gasteiger partial charge in [-0.15, -0.1) is 0 Å². The van der Waals surface area contributed by atoms with Crippen LogP contribution in [-0.4, -0.2) is 11.0 Å². The summed E-state index contributed by atoms with van der Waals surface area (Å²) in [4.78, 5) is 16.3. The molecule has 0 atom stereocenters. The molecule has 0 amide bonds. The first-order chi connectivity index (χ1) is 13.1. The molecule has 0 saturated carbocycles. The molecule has 148 valence electrons. The smallest absolute Gasteiger partial charge is 0.316 e. The summed E-state index contributed by atoms with van der Waals surface area (Å²) in [6.07, 6.45) is 0. The second-order valence-corrected chi connectivity index (χ2v) is 9.14. The van der Waals surface area contributed by atoms with E-state index in [1.165, 1.54) is 11.1 Å². The molecule has 0 saturated heterocycles. The van der Waals surface area contributed by atoms with Crippen molar-refractivity contribution in [2.24, 2.45) is 5.41 Å². The average molecular weight is 378 g/mol. The molecule has 0 aliphatic carbocycles. The number of rotatable bonds is 4. The molecule has 0 radical (unpaired) electrons. The fourth-order valence-corrected chi connectivity index (χ4v) is 3.48. The van der Waals surface area contributed by atoms with E-state index in [-0.39, 0.29) is 5.97 Å². The van der Waals surface area contributed by atoms with Crippen LogP contribution in [0.5, 0.6) is 5.75 Å². The van der Waals surface area contributed by atoms with Gasteiger partial charge in [0.1, 0.15) is 0 Å². The van der Waals surface area contributed by atoms with Gasteiger partial charge in [-0.25, -0.2) is 0 Å². The van der Waals surface area contributed by atoms with Crippen molar-refractivity contribution in [1.29, 1.82) is 0 Å². The number of hydrogen-bond acceptors (Lipinski definition) is 2. The lowest BCUT2D eigenvalue weighted by Gasteiger charge is -2.21. The Kier molecular flexibility index (Phi) is 5.38. The van der Waals surface area contributed by atoms with Gasteiger partial charge in [0.25, 0.3) is 0 Å². The summed E-state index contributed by atoms with van der Waals surface area (Å²) in [6, 6.07) is 14.5. The highest BCUT2D eigenvalue weighted by Gasteiger charge is 2.28. The zero-order chi connectivity index (χ0) is 20.6. The van der Waals surface area contributed by atoms with Gasteiger partial charge in [0.15, 0.2) is 5.75 Å². The maximum atomic E-state index is 12.8. The number of hydrogen-bond donors (Lipinski definition) is 1. The minimum absolute atomic E-state index is 0.230. The van der Waals surface area contributed by atoms with Crippen LogP contribution in [0, 0.1) is 5.41 Å². The summed E-state index contributed by atoms with van der Waals surface area (Å²) >= 11 is 0. The highest BCUT2D eigenvalue weighted by Crippen LogP contribution is 2.44. The second-order valence-electron chi connectivity index (χ2n) is 9.14. The van der Waals surface area contributed by atoms with E-state index in [1.807, 2.05) is 45.0 Å². The molecule has 0 aliphatic heterocycles. The molecule has 0 unspecified atom stereocenters. The van der Waals surface area contributed by atoms with Crippen molar-refractivity contribution in [3.63, 3.8) is 0 Å². The quantitative estimate of drug-likeness (QED) is 0.496. The third-order valence-electron chi connectivity index (χ3n) is 5.09. The third kappa shape index (κ3) is 3.71. The van der Waals surface area contributed by atoms with Crippen molar-refractivity contribution >= 4 is 16.9 Å². The molecule has 28 heavy (non-hydrogen) atoms. The number of ether oxygens (including phenoxy) is 1. The molecule has 0 bridgehead atoms. The molecule has 3 aromatic rings. The number of H-pyrrole nitrogens is 1. The zero-order valence-electron chi connectivity index (χ0n) is 18.0. The topological polar surface area (TPSA) is 42.1 Å². The van der Waals surface area contributed by atoms with Crippen LogP contribution in [0.3, 0.4) is 0 Å². The van der Waals surface area contributed by atoms with Gasteiger partial charge < -0.3 is 9.72 Å². The van der Waals surface area contributed by atoms with E-state index in [0.29, 0.717) is 17.6 Å². The lowest BCUT2D eigenvalue weighted by Crippen LogP contribution is -2.25. The molecule has 0 spiro atoms. The van der Waals surface area contributed by atoms with Gasteiger partial charge in [0, 0.05) is 16.5 Å². The Bertz CT molecular complexity index is 977. The number of carbonyl (C=O) groups excluding carboxylic acids is 1. The summed E-state index contributed by atoms with van der Waals surface area (Å²) in [7, 11) is 0. The Morgan fingerprint density at radius 1 is 0.893 bits per heavy atom. The van der Waals surface area contributed by atoms with Crippen LogP contribution in [0.25, 0.3) is 22.2 Å². The lowest BCUT2D eigenvalue weighted by atomic mass is 9.87. The van der Waals surface area contributed by atoms with E-state index in [1.54, 1.807) is 0 Å². The molecule has 0 aliphatic rings. The molecular weight excluding hydrogens is 346 g/mol. The lowest BCUT2D eigenvalue weighted by molar-refractivity contribution is -0.142. The van der Waals surface area contributed by atoms with E-state index in [0.717, 1.165) is 22.2 Å². The van der Waals surface area contributed by atoms with Gasteiger partial charge in [-0.1, -0.05) is 58.0 Å². The predicted octanol–water partition coefficient (Wildman–Crippen LogP) is 7.03. The molecule has 1 N–H and O–H groups in total.